The number of fused-ring (bicyclic) bond motifs is 1. The van der Waals surface area contributed by atoms with Crippen LogP contribution in [0, 0.1) is 0 Å². The first-order valence-electron chi connectivity index (χ1n) is 6.35. The molecule has 104 valence electrons. The molecule has 0 aliphatic carbocycles. The molecule has 0 saturated carbocycles. The van der Waals surface area contributed by atoms with Crippen molar-refractivity contribution in [2.75, 3.05) is 0 Å². The Bertz CT molecular complexity index is 845. The molecule has 3 rings (SSSR count). The first-order valence-corrected chi connectivity index (χ1v) is 7.52. The highest BCUT2D eigenvalue weighted by Gasteiger charge is 2.04. The second kappa shape index (κ2) is 5.88. The summed E-state index contributed by atoms with van der Waals surface area (Å²) in [4.78, 5) is 4.42. The predicted molar refractivity (Wildman–Crippen MR) is 92.0 cm³/mol. The summed E-state index contributed by atoms with van der Waals surface area (Å²) in [6.45, 7) is 0. The number of phenolic OH excluding ortho intramolecular Hbond substituents is 1. The Balaban J connectivity index is 2.06. The van der Waals surface area contributed by atoms with E-state index in [1.54, 1.807) is 18.3 Å². The van der Waals surface area contributed by atoms with E-state index in [1.807, 2.05) is 42.5 Å². The van der Waals surface area contributed by atoms with Crippen molar-refractivity contribution in [3.8, 4) is 5.75 Å². The lowest BCUT2D eigenvalue weighted by Gasteiger charge is -2.04. The quantitative estimate of drug-likeness (QED) is 0.583. The molecule has 0 bridgehead atoms. The second-order valence-corrected chi connectivity index (χ2v) is 5.84. The first kappa shape index (κ1) is 14.1. The molecule has 0 saturated heterocycles. The van der Waals surface area contributed by atoms with Gasteiger partial charge in [0.05, 0.1) is 10.7 Å². The maximum absolute atomic E-state index is 10.1. The minimum Gasteiger partial charge on any atom is -0.507 e. The van der Waals surface area contributed by atoms with Crippen LogP contribution in [0.5, 0.6) is 5.75 Å². The van der Waals surface area contributed by atoms with Gasteiger partial charge in [0.25, 0.3) is 0 Å². The Kier molecular flexibility index (Phi) is 3.95. The minimum absolute atomic E-state index is 0.213. The molecule has 0 atom stereocenters. The third-order valence-electron chi connectivity index (χ3n) is 3.19. The molecule has 4 heteroatoms. The maximum atomic E-state index is 10.1. The van der Waals surface area contributed by atoms with E-state index in [2.05, 4.69) is 20.9 Å². The summed E-state index contributed by atoms with van der Waals surface area (Å²) in [5, 5.41) is 12.7. The second-order valence-electron chi connectivity index (χ2n) is 4.58. The zero-order valence-electron chi connectivity index (χ0n) is 10.9. The molecule has 0 amide bonds. The van der Waals surface area contributed by atoms with E-state index >= 15 is 0 Å². The van der Waals surface area contributed by atoms with Gasteiger partial charge in [0.2, 0.25) is 0 Å². The van der Waals surface area contributed by atoms with Gasteiger partial charge in [-0.3, -0.25) is 4.99 Å². The average Bonchev–Trinajstić information content (AvgIpc) is 2.50. The molecular weight excluding hydrogens is 350 g/mol. The number of hydrogen-bond donors (Lipinski definition) is 1. The molecule has 0 heterocycles. The number of rotatable bonds is 2. The fourth-order valence-corrected chi connectivity index (χ4v) is 2.61. The number of aliphatic imine (C=N–C) groups is 1. The van der Waals surface area contributed by atoms with Crippen LogP contribution in [0.15, 0.2) is 64.1 Å². The summed E-state index contributed by atoms with van der Waals surface area (Å²) < 4.78 is 0.793. The third-order valence-corrected chi connectivity index (χ3v) is 4.41. The van der Waals surface area contributed by atoms with E-state index in [-0.39, 0.29) is 5.75 Å². The zero-order chi connectivity index (χ0) is 14.8. The van der Waals surface area contributed by atoms with Crippen LogP contribution in [-0.2, 0) is 0 Å². The summed E-state index contributed by atoms with van der Waals surface area (Å²) in [6.07, 6.45) is 1.67. The summed E-state index contributed by atoms with van der Waals surface area (Å²) in [6, 6.07) is 16.9. The van der Waals surface area contributed by atoms with E-state index in [0.29, 0.717) is 10.6 Å². The topological polar surface area (TPSA) is 32.6 Å². The molecule has 0 aliphatic rings. The third kappa shape index (κ3) is 2.94. The molecule has 3 aromatic carbocycles. The molecule has 0 unspecified atom stereocenters. The van der Waals surface area contributed by atoms with Gasteiger partial charge in [-0.15, -0.1) is 0 Å². The highest BCUT2D eigenvalue weighted by Crippen LogP contribution is 2.29. The molecule has 21 heavy (non-hydrogen) atoms. The van der Waals surface area contributed by atoms with Crippen LogP contribution in [0.4, 0.5) is 5.69 Å². The number of phenols is 1. The SMILES string of the molecule is Oc1ccc2ccccc2c1C=Nc1ccc(Cl)c(Br)c1. The Morgan fingerprint density at radius 3 is 2.67 bits per heavy atom. The summed E-state index contributed by atoms with van der Waals surface area (Å²) in [5.41, 5.74) is 1.47. The Morgan fingerprint density at radius 1 is 1.05 bits per heavy atom. The van der Waals surface area contributed by atoms with Crippen molar-refractivity contribution in [3.05, 3.63) is 69.7 Å². The van der Waals surface area contributed by atoms with Crippen molar-refractivity contribution < 1.29 is 5.11 Å². The molecule has 2 nitrogen and oxygen atoms in total. The number of nitrogens with zero attached hydrogens (tertiary/aromatic N) is 1. The highest BCUT2D eigenvalue weighted by molar-refractivity contribution is 9.10. The van der Waals surface area contributed by atoms with E-state index in [9.17, 15) is 5.11 Å². The van der Waals surface area contributed by atoms with Crippen LogP contribution in [0.3, 0.4) is 0 Å². The minimum atomic E-state index is 0.213. The normalized spacial score (nSPS) is 11.3. The van der Waals surface area contributed by atoms with Crippen molar-refractivity contribution in [3.63, 3.8) is 0 Å². The van der Waals surface area contributed by atoms with E-state index in [1.165, 1.54) is 0 Å². The van der Waals surface area contributed by atoms with Gasteiger partial charge in [0.15, 0.2) is 0 Å². The molecule has 0 spiro atoms. The fourth-order valence-electron chi connectivity index (χ4n) is 2.12. The Hall–Kier alpha value is -1.84. The number of hydrogen-bond acceptors (Lipinski definition) is 2. The van der Waals surface area contributed by atoms with Crippen LogP contribution >= 0.6 is 27.5 Å². The van der Waals surface area contributed by atoms with Crippen LogP contribution in [0.25, 0.3) is 10.8 Å². The summed E-state index contributed by atoms with van der Waals surface area (Å²) >= 11 is 9.33. The van der Waals surface area contributed by atoms with E-state index in [0.717, 1.165) is 20.9 Å². The smallest absolute Gasteiger partial charge is 0.124 e. The first-order chi connectivity index (χ1) is 10.1. The molecule has 0 radical (unpaired) electrons. The molecule has 3 aromatic rings. The van der Waals surface area contributed by atoms with Crippen molar-refractivity contribution in [1.29, 1.82) is 0 Å². The van der Waals surface area contributed by atoms with Crippen LogP contribution < -0.4 is 0 Å². The van der Waals surface area contributed by atoms with Gasteiger partial charge in [-0.25, -0.2) is 0 Å². The van der Waals surface area contributed by atoms with E-state index in [4.69, 9.17) is 11.6 Å². The monoisotopic (exact) mass is 359 g/mol. The largest absolute Gasteiger partial charge is 0.507 e. The van der Waals surface area contributed by atoms with Gasteiger partial charge in [-0.05, 0) is 51.0 Å². The van der Waals surface area contributed by atoms with Gasteiger partial charge >= 0.3 is 0 Å². The Morgan fingerprint density at radius 2 is 1.86 bits per heavy atom. The van der Waals surface area contributed by atoms with Crippen molar-refractivity contribution in [2.24, 2.45) is 4.99 Å². The molecular formula is C17H11BrClNO. The van der Waals surface area contributed by atoms with E-state index < -0.39 is 0 Å². The van der Waals surface area contributed by atoms with Crippen LogP contribution in [-0.4, -0.2) is 11.3 Å². The Labute approximate surface area is 135 Å². The van der Waals surface area contributed by atoms with Crippen molar-refractivity contribution >= 4 is 50.2 Å². The standard InChI is InChI=1S/C17H11BrClNO/c18-15-9-12(6-7-16(15)19)20-10-14-13-4-2-1-3-11(13)5-8-17(14)21/h1-10,21H. The van der Waals surface area contributed by atoms with Crippen molar-refractivity contribution in [2.45, 2.75) is 0 Å². The summed E-state index contributed by atoms with van der Waals surface area (Å²) in [7, 11) is 0. The van der Waals surface area contributed by atoms with Gasteiger partial charge < -0.3 is 5.11 Å². The van der Waals surface area contributed by atoms with Gasteiger partial charge in [0.1, 0.15) is 5.75 Å². The lowest BCUT2D eigenvalue weighted by molar-refractivity contribution is 0.475. The van der Waals surface area contributed by atoms with Gasteiger partial charge in [-0.2, -0.15) is 0 Å². The fraction of sp³-hybridized carbons (Fsp3) is 0. The zero-order valence-corrected chi connectivity index (χ0v) is 13.3. The molecule has 0 aliphatic heterocycles. The lowest BCUT2D eigenvalue weighted by Crippen LogP contribution is -1.85. The number of halogens is 2. The predicted octanol–water partition coefficient (Wildman–Crippen LogP) is 5.71. The maximum Gasteiger partial charge on any atom is 0.124 e. The van der Waals surface area contributed by atoms with Crippen molar-refractivity contribution in [1.82, 2.24) is 0 Å². The van der Waals surface area contributed by atoms with Gasteiger partial charge in [0, 0.05) is 16.3 Å². The lowest BCUT2D eigenvalue weighted by atomic mass is 10.0. The molecule has 1 N–H and O–H groups in total. The molecule has 0 fully saturated rings. The summed E-state index contributed by atoms with van der Waals surface area (Å²) in [5.74, 6) is 0.213. The number of aromatic hydroxyl groups is 1. The van der Waals surface area contributed by atoms with Crippen LogP contribution in [0.1, 0.15) is 5.56 Å². The van der Waals surface area contributed by atoms with Crippen LogP contribution in [0.2, 0.25) is 5.02 Å². The highest BCUT2D eigenvalue weighted by atomic mass is 79.9. The average molecular weight is 361 g/mol. The molecule has 0 aromatic heterocycles. The van der Waals surface area contributed by atoms with Gasteiger partial charge in [-0.1, -0.05) is 41.9 Å². The number of benzene rings is 3.